The summed E-state index contributed by atoms with van der Waals surface area (Å²) in [6.07, 6.45) is 0. The number of para-hydroxylation sites is 1. The highest BCUT2D eigenvalue weighted by Crippen LogP contribution is 2.40. The quantitative estimate of drug-likeness (QED) is 0.117. The van der Waals surface area contributed by atoms with Crippen molar-refractivity contribution in [2.45, 2.75) is 6.92 Å². The van der Waals surface area contributed by atoms with Crippen LogP contribution in [0.25, 0.3) is 72.0 Å². The first-order valence-corrected chi connectivity index (χ1v) is 20.6. The molecule has 0 amide bonds. The van der Waals surface area contributed by atoms with Gasteiger partial charge in [-0.1, -0.05) is 188 Å². The summed E-state index contributed by atoms with van der Waals surface area (Å²) in [7, 11) is 0. The smallest absolute Gasteiger partial charge is 0.154 e. The highest BCUT2D eigenvalue weighted by atomic mass is 15.0. The Bertz CT molecular complexity index is 3200. The van der Waals surface area contributed by atoms with Crippen molar-refractivity contribution in [1.29, 1.82) is 5.41 Å². The molecule has 0 aliphatic heterocycles. The second-order valence-electron chi connectivity index (χ2n) is 15.3. The van der Waals surface area contributed by atoms with Crippen molar-refractivity contribution in [2.75, 3.05) is 5.32 Å². The van der Waals surface area contributed by atoms with Crippen molar-refractivity contribution in [1.82, 2.24) is 4.57 Å². The van der Waals surface area contributed by atoms with Crippen LogP contribution in [0.1, 0.15) is 16.7 Å². The van der Waals surface area contributed by atoms with E-state index >= 15 is 0 Å². The van der Waals surface area contributed by atoms with Crippen LogP contribution in [0.5, 0.6) is 0 Å². The van der Waals surface area contributed by atoms with E-state index in [1.165, 1.54) is 49.6 Å². The van der Waals surface area contributed by atoms with E-state index < -0.39 is 0 Å². The third-order valence-corrected chi connectivity index (χ3v) is 11.4. The Labute approximate surface area is 356 Å². The molecular formula is C57H42N4. The fourth-order valence-electron chi connectivity index (χ4n) is 8.31. The van der Waals surface area contributed by atoms with Gasteiger partial charge in [0.05, 0.1) is 11.0 Å². The highest BCUT2D eigenvalue weighted by Gasteiger charge is 2.16. The molecule has 0 spiro atoms. The number of rotatable bonds is 8. The molecule has 0 atom stereocenters. The summed E-state index contributed by atoms with van der Waals surface area (Å²) in [4.78, 5) is 4.73. The summed E-state index contributed by atoms with van der Waals surface area (Å²) in [6, 6.07) is 78.7. The average molecular weight is 783 g/mol. The van der Waals surface area contributed by atoms with Crippen molar-refractivity contribution in [3.05, 3.63) is 241 Å². The number of hydrogen-bond donors (Lipinski definition) is 2. The number of nitrogens with zero attached hydrogens (tertiary/aromatic N) is 2. The normalized spacial score (nSPS) is 11.5. The van der Waals surface area contributed by atoms with Crippen LogP contribution in [0.15, 0.2) is 229 Å². The molecule has 0 aliphatic rings. The Kier molecular flexibility index (Phi) is 9.93. The second kappa shape index (κ2) is 16.3. The van der Waals surface area contributed by atoms with E-state index in [0.717, 1.165) is 44.8 Å². The molecule has 0 saturated heterocycles. The van der Waals surface area contributed by atoms with Gasteiger partial charge in [-0.25, -0.2) is 4.99 Å². The molecule has 0 bridgehead atoms. The molecule has 4 heteroatoms. The lowest BCUT2D eigenvalue weighted by atomic mass is 9.89. The molecule has 4 nitrogen and oxygen atoms in total. The zero-order valence-corrected chi connectivity index (χ0v) is 33.8. The zero-order valence-electron chi connectivity index (χ0n) is 33.8. The Balaban J connectivity index is 0.961. The monoisotopic (exact) mass is 782 g/mol. The maximum atomic E-state index is 8.72. The van der Waals surface area contributed by atoms with Gasteiger partial charge in [0.25, 0.3) is 0 Å². The molecule has 9 aromatic carbocycles. The van der Waals surface area contributed by atoms with Crippen molar-refractivity contribution >= 4 is 39.2 Å². The number of nitrogens with one attached hydrogen (secondary N) is 2. The number of hydrogen-bond acceptors (Lipinski definition) is 1. The van der Waals surface area contributed by atoms with E-state index in [4.69, 9.17) is 10.4 Å². The summed E-state index contributed by atoms with van der Waals surface area (Å²) in [5.41, 5.74) is 16.7. The molecule has 0 fully saturated rings. The van der Waals surface area contributed by atoms with Crippen LogP contribution < -0.4 is 5.32 Å². The number of aryl methyl sites for hydroxylation is 1. The SMILES string of the molecule is Cc1ccc(-c2ccc3c(c2)c2ccccc2n3-c2ccc(-c3ccccc3-c3ccccc3-c3ccc(NC(=NC(=N)c4ccccc4)c4ccccc4)cc3)cc2)cc1. The van der Waals surface area contributed by atoms with E-state index in [0.29, 0.717) is 5.84 Å². The summed E-state index contributed by atoms with van der Waals surface area (Å²) >= 11 is 0. The van der Waals surface area contributed by atoms with Gasteiger partial charge in [-0.2, -0.15) is 0 Å². The molecule has 1 aromatic heterocycles. The Morgan fingerprint density at radius 1 is 0.426 bits per heavy atom. The number of amidine groups is 2. The molecule has 290 valence electrons. The number of fused-ring (bicyclic) bond motifs is 3. The van der Waals surface area contributed by atoms with E-state index in [-0.39, 0.29) is 5.84 Å². The summed E-state index contributed by atoms with van der Waals surface area (Å²) in [5.74, 6) is 0.818. The predicted molar refractivity (Wildman–Crippen MR) is 257 cm³/mol. The third-order valence-electron chi connectivity index (χ3n) is 11.4. The lowest BCUT2D eigenvalue weighted by Gasteiger charge is -2.16. The molecule has 61 heavy (non-hydrogen) atoms. The summed E-state index contributed by atoms with van der Waals surface area (Å²) in [5, 5.41) is 14.7. The van der Waals surface area contributed by atoms with Crippen molar-refractivity contribution < 1.29 is 0 Å². The Morgan fingerprint density at radius 3 is 1.56 bits per heavy atom. The van der Waals surface area contributed by atoms with Crippen molar-refractivity contribution in [3.8, 4) is 50.2 Å². The predicted octanol–water partition coefficient (Wildman–Crippen LogP) is 14.6. The minimum Gasteiger partial charge on any atom is -0.340 e. The van der Waals surface area contributed by atoms with Gasteiger partial charge in [0.1, 0.15) is 5.84 Å². The lowest BCUT2D eigenvalue weighted by molar-refractivity contribution is 1.18. The molecule has 0 radical (unpaired) electrons. The molecule has 2 N–H and O–H groups in total. The van der Waals surface area contributed by atoms with Crippen molar-refractivity contribution in [2.24, 2.45) is 4.99 Å². The molecule has 10 aromatic rings. The summed E-state index contributed by atoms with van der Waals surface area (Å²) < 4.78 is 2.38. The topological polar surface area (TPSA) is 53.2 Å². The van der Waals surface area contributed by atoms with Gasteiger partial charge in [-0.15, -0.1) is 0 Å². The third kappa shape index (κ3) is 7.43. The van der Waals surface area contributed by atoms with Crippen LogP contribution in [0, 0.1) is 12.3 Å². The maximum absolute atomic E-state index is 8.72. The minimum absolute atomic E-state index is 0.199. The standard InChI is InChI=1S/C57H42N4/c1-39-24-26-40(27-25-39)45-32-37-55-53(38-45)52-22-12-13-23-54(52)61(55)47-35-30-42(31-36-47)49-19-9-11-21-51(49)50-20-10-8-18-48(50)41-28-33-46(34-29-41)59-57(44-16-6-3-7-17-44)60-56(58)43-14-4-2-5-15-43/h2-38H,1H3,(H2,58,59,60). The van der Waals surface area contributed by atoms with E-state index in [1.807, 2.05) is 60.7 Å². The van der Waals surface area contributed by atoms with Crippen LogP contribution in [0.3, 0.4) is 0 Å². The molecule has 0 saturated carbocycles. The minimum atomic E-state index is 0.199. The Morgan fingerprint density at radius 2 is 0.918 bits per heavy atom. The van der Waals surface area contributed by atoms with Crippen LogP contribution in [0.4, 0.5) is 5.69 Å². The number of aliphatic imine (C=N–C) groups is 1. The van der Waals surface area contributed by atoms with Gasteiger partial charge in [0.2, 0.25) is 0 Å². The summed E-state index contributed by atoms with van der Waals surface area (Å²) in [6.45, 7) is 2.13. The van der Waals surface area contributed by atoms with Crippen molar-refractivity contribution in [3.63, 3.8) is 0 Å². The number of aromatic nitrogens is 1. The second-order valence-corrected chi connectivity index (χ2v) is 15.3. The van der Waals surface area contributed by atoms with Crippen LogP contribution in [-0.2, 0) is 0 Å². The van der Waals surface area contributed by atoms with Gasteiger partial charge in [0.15, 0.2) is 5.84 Å². The van der Waals surface area contributed by atoms with E-state index in [2.05, 4.69) is 181 Å². The number of anilines is 1. The van der Waals surface area contributed by atoms with Gasteiger partial charge in [-0.3, -0.25) is 5.41 Å². The first kappa shape index (κ1) is 37.2. The van der Waals surface area contributed by atoms with Gasteiger partial charge >= 0.3 is 0 Å². The first-order valence-electron chi connectivity index (χ1n) is 20.6. The van der Waals surface area contributed by atoms with Gasteiger partial charge in [-0.05, 0) is 93.9 Å². The number of benzene rings is 9. The molecule has 10 rings (SSSR count). The largest absolute Gasteiger partial charge is 0.340 e. The fraction of sp³-hybridized carbons (Fsp3) is 0.0175. The average Bonchev–Trinajstić information content (AvgIpc) is 3.66. The van der Waals surface area contributed by atoms with E-state index in [1.54, 1.807) is 0 Å². The van der Waals surface area contributed by atoms with Gasteiger partial charge in [0, 0.05) is 33.3 Å². The highest BCUT2D eigenvalue weighted by molar-refractivity contribution is 6.16. The van der Waals surface area contributed by atoms with Crippen LogP contribution >= 0.6 is 0 Å². The first-order chi connectivity index (χ1) is 30.1. The molecule has 0 unspecified atom stereocenters. The molecule has 1 heterocycles. The molecular weight excluding hydrogens is 741 g/mol. The fourth-order valence-corrected chi connectivity index (χ4v) is 8.31. The van der Waals surface area contributed by atoms with Crippen LogP contribution in [-0.4, -0.2) is 16.2 Å². The molecule has 0 aliphatic carbocycles. The maximum Gasteiger partial charge on any atom is 0.154 e. The van der Waals surface area contributed by atoms with Gasteiger partial charge < -0.3 is 9.88 Å². The zero-order chi connectivity index (χ0) is 41.1. The van der Waals surface area contributed by atoms with Crippen LogP contribution in [0.2, 0.25) is 0 Å². The lowest BCUT2D eigenvalue weighted by Crippen LogP contribution is -2.16. The van der Waals surface area contributed by atoms with E-state index in [9.17, 15) is 0 Å². The Hall–Kier alpha value is -8.08.